The molecule has 0 saturated heterocycles. The fourth-order valence-electron chi connectivity index (χ4n) is 1.43. The summed E-state index contributed by atoms with van der Waals surface area (Å²) in [6, 6.07) is 4.76. The third-order valence-corrected chi connectivity index (χ3v) is 4.56. The lowest BCUT2D eigenvalue weighted by Gasteiger charge is -2.09. The molecule has 1 rings (SSSR count). The van der Waals surface area contributed by atoms with Crippen molar-refractivity contribution in [2.75, 3.05) is 12.4 Å². The van der Waals surface area contributed by atoms with Gasteiger partial charge in [0.2, 0.25) is 10.0 Å². The summed E-state index contributed by atoms with van der Waals surface area (Å²) in [4.78, 5) is 0.0780. The molecule has 0 aromatic heterocycles. The molecule has 1 atom stereocenters. The van der Waals surface area contributed by atoms with Crippen molar-refractivity contribution in [2.45, 2.75) is 24.7 Å². The fraction of sp³-hybridized carbons (Fsp3) is 0.500. The van der Waals surface area contributed by atoms with Crippen LogP contribution < -0.4 is 4.72 Å². The van der Waals surface area contributed by atoms with E-state index in [1.165, 1.54) is 12.1 Å². The molecule has 0 radical (unpaired) electrons. The molecule has 1 N–H and O–H groups in total. The van der Waals surface area contributed by atoms with Crippen LogP contribution in [0.15, 0.2) is 29.2 Å². The Morgan fingerprint density at radius 3 is 2.50 bits per heavy atom. The lowest BCUT2D eigenvalue weighted by Crippen LogP contribution is -2.25. The Morgan fingerprint density at radius 2 is 1.94 bits per heavy atom. The zero-order valence-electron chi connectivity index (χ0n) is 10.2. The molecule has 0 amide bonds. The van der Waals surface area contributed by atoms with Gasteiger partial charge in [0.1, 0.15) is 5.82 Å². The summed E-state index contributed by atoms with van der Waals surface area (Å²) in [7, 11) is -3.53. The quantitative estimate of drug-likeness (QED) is 0.621. The largest absolute Gasteiger partial charge is 0.240 e. The molecule has 1 unspecified atom stereocenters. The first-order valence-corrected chi connectivity index (χ1v) is 7.78. The smallest absolute Gasteiger partial charge is 0.211 e. The number of sulfonamides is 1. The summed E-state index contributed by atoms with van der Waals surface area (Å²) >= 11 is 5.66. The van der Waals surface area contributed by atoms with Crippen LogP contribution in [0.5, 0.6) is 0 Å². The SMILES string of the molecule is CC(CCl)CCCNS(=O)(=O)c1ccc(F)cc1. The third kappa shape index (κ3) is 4.92. The van der Waals surface area contributed by atoms with E-state index in [0.717, 1.165) is 25.0 Å². The van der Waals surface area contributed by atoms with Gasteiger partial charge >= 0.3 is 0 Å². The van der Waals surface area contributed by atoms with Crippen LogP contribution in [0, 0.1) is 11.7 Å². The Hall–Kier alpha value is -0.650. The average molecular weight is 294 g/mol. The number of rotatable bonds is 7. The van der Waals surface area contributed by atoms with Crippen LogP contribution >= 0.6 is 11.6 Å². The van der Waals surface area contributed by atoms with Crippen molar-refractivity contribution < 1.29 is 12.8 Å². The van der Waals surface area contributed by atoms with E-state index in [1.54, 1.807) is 0 Å². The molecule has 6 heteroatoms. The summed E-state index contributed by atoms with van der Waals surface area (Å²) in [5.41, 5.74) is 0. The summed E-state index contributed by atoms with van der Waals surface area (Å²) < 4.78 is 38.8. The molecule has 102 valence electrons. The molecule has 1 aromatic carbocycles. The van der Waals surface area contributed by atoms with Gasteiger partial charge in [-0.25, -0.2) is 17.5 Å². The van der Waals surface area contributed by atoms with Crippen molar-refractivity contribution in [3.63, 3.8) is 0 Å². The van der Waals surface area contributed by atoms with E-state index < -0.39 is 15.8 Å². The lowest BCUT2D eigenvalue weighted by molar-refractivity contribution is 0.543. The number of benzene rings is 1. The monoisotopic (exact) mass is 293 g/mol. The minimum Gasteiger partial charge on any atom is -0.211 e. The zero-order chi connectivity index (χ0) is 13.6. The molecule has 0 aliphatic rings. The first kappa shape index (κ1) is 15.4. The van der Waals surface area contributed by atoms with Gasteiger partial charge in [-0.2, -0.15) is 0 Å². The molecule has 0 saturated carbocycles. The van der Waals surface area contributed by atoms with Crippen molar-refractivity contribution >= 4 is 21.6 Å². The fourth-order valence-corrected chi connectivity index (χ4v) is 2.66. The number of nitrogens with one attached hydrogen (secondary N) is 1. The number of alkyl halides is 1. The molecule has 0 bridgehead atoms. The Bertz CT molecular complexity index is 461. The Balaban J connectivity index is 2.48. The summed E-state index contributed by atoms with van der Waals surface area (Å²) in [5, 5.41) is 0. The van der Waals surface area contributed by atoms with Crippen LogP contribution in [0.25, 0.3) is 0 Å². The highest BCUT2D eigenvalue weighted by atomic mass is 35.5. The number of hydrogen-bond acceptors (Lipinski definition) is 2. The standard InChI is InChI=1S/C12H17ClFNO2S/c1-10(9-13)3-2-8-15-18(16,17)12-6-4-11(14)5-7-12/h4-7,10,15H,2-3,8-9H2,1H3. The van der Waals surface area contributed by atoms with Gasteiger partial charge < -0.3 is 0 Å². The van der Waals surface area contributed by atoms with E-state index in [4.69, 9.17) is 11.6 Å². The molecule has 3 nitrogen and oxygen atoms in total. The van der Waals surface area contributed by atoms with Gasteiger partial charge in [0.05, 0.1) is 4.90 Å². The first-order valence-electron chi connectivity index (χ1n) is 5.77. The lowest BCUT2D eigenvalue weighted by atomic mass is 10.1. The van der Waals surface area contributed by atoms with Gasteiger partial charge in [-0.15, -0.1) is 11.6 Å². The Morgan fingerprint density at radius 1 is 1.33 bits per heavy atom. The average Bonchev–Trinajstić information content (AvgIpc) is 2.35. The molecular weight excluding hydrogens is 277 g/mol. The summed E-state index contributed by atoms with van der Waals surface area (Å²) in [6.45, 7) is 2.38. The molecule has 0 spiro atoms. The Labute approximate surface area is 112 Å². The minimum atomic E-state index is -3.53. The van der Waals surface area contributed by atoms with E-state index in [1.807, 2.05) is 6.92 Å². The summed E-state index contributed by atoms with van der Waals surface area (Å²) in [5.74, 6) is 0.497. The van der Waals surface area contributed by atoms with Gasteiger partial charge in [0.15, 0.2) is 0 Å². The van der Waals surface area contributed by atoms with Gasteiger partial charge in [0, 0.05) is 12.4 Å². The van der Waals surface area contributed by atoms with Gasteiger partial charge in [0.25, 0.3) is 0 Å². The Kier molecular flexibility index (Phi) is 6.05. The highest BCUT2D eigenvalue weighted by Crippen LogP contribution is 2.10. The molecular formula is C12H17ClFNO2S. The van der Waals surface area contributed by atoms with Crippen LogP contribution in [0.4, 0.5) is 4.39 Å². The maximum atomic E-state index is 12.7. The van der Waals surface area contributed by atoms with Crippen molar-refractivity contribution in [1.29, 1.82) is 0 Å². The molecule has 0 heterocycles. The van der Waals surface area contributed by atoms with E-state index in [2.05, 4.69) is 4.72 Å². The highest BCUT2D eigenvalue weighted by molar-refractivity contribution is 7.89. The molecule has 18 heavy (non-hydrogen) atoms. The van der Waals surface area contributed by atoms with Crippen LogP contribution in [-0.2, 0) is 10.0 Å². The van der Waals surface area contributed by atoms with E-state index in [0.29, 0.717) is 18.3 Å². The van der Waals surface area contributed by atoms with Gasteiger partial charge in [-0.3, -0.25) is 0 Å². The van der Waals surface area contributed by atoms with Crippen molar-refractivity contribution in [3.8, 4) is 0 Å². The highest BCUT2D eigenvalue weighted by Gasteiger charge is 2.13. The van der Waals surface area contributed by atoms with E-state index in [9.17, 15) is 12.8 Å². The van der Waals surface area contributed by atoms with Gasteiger partial charge in [-0.1, -0.05) is 6.92 Å². The van der Waals surface area contributed by atoms with Crippen molar-refractivity contribution in [1.82, 2.24) is 4.72 Å². The van der Waals surface area contributed by atoms with Crippen LogP contribution in [0.3, 0.4) is 0 Å². The summed E-state index contributed by atoms with van der Waals surface area (Å²) in [6.07, 6.45) is 1.60. The van der Waals surface area contributed by atoms with E-state index >= 15 is 0 Å². The van der Waals surface area contributed by atoms with Crippen molar-refractivity contribution in [3.05, 3.63) is 30.1 Å². The second-order valence-corrected chi connectivity index (χ2v) is 6.33. The maximum absolute atomic E-state index is 12.7. The second-order valence-electron chi connectivity index (χ2n) is 4.25. The maximum Gasteiger partial charge on any atom is 0.240 e. The van der Waals surface area contributed by atoms with Crippen LogP contribution in [-0.4, -0.2) is 20.8 Å². The molecule has 0 aliphatic carbocycles. The third-order valence-electron chi connectivity index (χ3n) is 2.55. The minimum absolute atomic E-state index is 0.0780. The van der Waals surface area contributed by atoms with Gasteiger partial charge in [-0.05, 0) is 43.0 Å². The van der Waals surface area contributed by atoms with Crippen LogP contribution in [0.2, 0.25) is 0 Å². The number of hydrogen-bond donors (Lipinski definition) is 1. The van der Waals surface area contributed by atoms with Crippen molar-refractivity contribution in [2.24, 2.45) is 5.92 Å². The zero-order valence-corrected chi connectivity index (χ0v) is 11.8. The molecule has 1 aromatic rings. The second kappa shape index (κ2) is 7.07. The molecule has 0 fully saturated rings. The predicted molar refractivity (Wildman–Crippen MR) is 70.7 cm³/mol. The number of halogens is 2. The first-order chi connectivity index (χ1) is 8.45. The van der Waals surface area contributed by atoms with Crippen LogP contribution in [0.1, 0.15) is 19.8 Å². The normalized spacial score (nSPS) is 13.5. The molecule has 0 aliphatic heterocycles. The topological polar surface area (TPSA) is 46.2 Å². The predicted octanol–water partition coefficient (Wildman–Crippen LogP) is 2.76. The van der Waals surface area contributed by atoms with E-state index in [-0.39, 0.29) is 4.90 Å².